The number of hydrogen-bond acceptors (Lipinski definition) is 10. The van der Waals surface area contributed by atoms with Crippen molar-refractivity contribution >= 4 is 28.5 Å². The van der Waals surface area contributed by atoms with Gasteiger partial charge in [0.25, 0.3) is 0 Å². The number of anilines is 1. The summed E-state index contributed by atoms with van der Waals surface area (Å²) in [7, 11) is -4.08. The summed E-state index contributed by atoms with van der Waals surface area (Å²) >= 11 is 0. The van der Waals surface area contributed by atoms with E-state index >= 15 is 0 Å². The number of amides is 1. The fraction of sp³-hybridized carbons (Fsp3) is 0.524. The molecule has 0 saturated carbocycles. The Morgan fingerprint density at radius 3 is 2.04 bits per heavy atom. The first-order valence-electron chi connectivity index (χ1n) is 20.2. The number of nitrogens with zero attached hydrogens (tertiary/aromatic N) is 3. The third-order valence-electron chi connectivity index (χ3n) is 11.5. The Morgan fingerprint density at radius 2 is 1.42 bits per heavy atom. The Bertz CT molecular complexity index is 1750. The molecule has 1 fully saturated rings. The van der Waals surface area contributed by atoms with Crippen molar-refractivity contribution in [2.24, 2.45) is 5.92 Å². The predicted octanol–water partition coefficient (Wildman–Crippen LogP) is 10.4. The summed E-state index contributed by atoms with van der Waals surface area (Å²) in [6, 6.07) is 25.4. The second kappa shape index (κ2) is 19.8. The average molecular weight is 789 g/mol. The molecule has 5 atom stereocenters. The first kappa shape index (κ1) is 42.3. The maximum absolute atomic E-state index is 13.6. The van der Waals surface area contributed by atoms with Gasteiger partial charge in [-0.05, 0) is 72.0 Å². The molecule has 11 nitrogen and oxygen atoms in total. The van der Waals surface area contributed by atoms with Gasteiger partial charge in [-0.2, -0.15) is 0 Å². The van der Waals surface area contributed by atoms with Gasteiger partial charge < -0.3 is 27.6 Å². The van der Waals surface area contributed by atoms with Crippen molar-refractivity contribution in [1.29, 1.82) is 0 Å². The molecule has 1 aliphatic rings. The van der Waals surface area contributed by atoms with Crippen LogP contribution in [0.2, 0.25) is 36.3 Å². The van der Waals surface area contributed by atoms with E-state index in [-0.39, 0.29) is 24.2 Å². The van der Waals surface area contributed by atoms with Crippen LogP contribution in [0.3, 0.4) is 0 Å². The summed E-state index contributed by atoms with van der Waals surface area (Å²) in [5, 5.41) is 7.18. The smallest absolute Gasteiger partial charge is 0.415 e. The summed E-state index contributed by atoms with van der Waals surface area (Å²) in [5.41, 5.74) is 3.44. The monoisotopic (exact) mass is 788 g/mol. The number of aromatic nitrogens is 3. The number of ether oxygens (including phenoxy) is 3. The number of carbonyl (C=O) groups is 1. The zero-order valence-electron chi connectivity index (χ0n) is 33.9. The minimum atomic E-state index is -2.06. The minimum Gasteiger partial charge on any atom is -0.473 e. The molecule has 4 aromatic rings. The molecule has 1 aliphatic heterocycles. The first-order chi connectivity index (χ1) is 26.6. The van der Waals surface area contributed by atoms with Crippen LogP contribution in [0, 0.1) is 5.92 Å². The molecule has 13 heteroatoms. The Hall–Kier alpha value is -3.89. The van der Waals surface area contributed by atoms with E-state index in [0.29, 0.717) is 42.5 Å². The van der Waals surface area contributed by atoms with Crippen molar-refractivity contribution in [1.82, 2.24) is 15.1 Å². The highest BCUT2D eigenvalue weighted by Crippen LogP contribution is 2.39. The van der Waals surface area contributed by atoms with E-state index in [1.165, 1.54) is 0 Å². The van der Waals surface area contributed by atoms with Crippen molar-refractivity contribution in [2.45, 2.75) is 136 Å². The molecule has 0 radical (unpaired) electrons. The Morgan fingerprint density at radius 1 is 0.782 bits per heavy atom. The van der Waals surface area contributed by atoms with E-state index in [4.69, 9.17) is 27.6 Å². The van der Waals surface area contributed by atoms with Crippen LogP contribution in [0.15, 0.2) is 77.6 Å². The predicted molar refractivity (Wildman–Crippen MR) is 220 cm³/mol. The van der Waals surface area contributed by atoms with Gasteiger partial charge in [0, 0.05) is 36.9 Å². The molecule has 4 heterocycles. The summed E-state index contributed by atoms with van der Waals surface area (Å²) in [5.74, 6) is 1.12. The lowest BCUT2D eigenvalue weighted by molar-refractivity contribution is -0.251. The third-order valence-corrected chi connectivity index (χ3v) is 20.8. The average Bonchev–Trinajstić information content (AvgIpc) is 3.69. The lowest BCUT2D eigenvalue weighted by atomic mass is 9.91. The van der Waals surface area contributed by atoms with Crippen molar-refractivity contribution in [3.05, 3.63) is 89.9 Å². The zero-order valence-corrected chi connectivity index (χ0v) is 35.9. The van der Waals surface area contributed by atoms with Crippen LogP contribution in [0.25, 0.3) is 11.3 Å². The van der Waals surface area contributed by atoms with Crippen LogP contribution < -0.4 is 10.1 Å². The third kappa shape index (κ3) is 10.5. The maximum atomic E-state index is 13.6. The Kier molecular flexibility index (Phi) is 15.2. The van der Waals surface area contributed by atoms with Crippen LogP contribution in [0.1, 0.15) is 78.6 Å². The fourth-order valence-corrected chi connectivity index (χ4v) is 13.2. The molecular formula is C42H60N4O7Si2. The molecule has 1 saturated heterocycles. The van der Waals surface area contributed by atoms with E-state index in [9.17, 15) is 4.79 Å². The van der Waals surface area contributed by atoms with Crippen LogP contribution in [-0.4, -0.2) is 62.5 Å². The molecule has 3 aromatic heterocycles. The molecule has 0 aliphatic carbocycles. The summed E-state index contributed by atoms with van der Waals surface area (Å²) in [6.07, 6.45) is 2.35. The number of rotatable bonds is 19. The molecular weight excluding hydrogens is 729 g/mol. The van der Waals surface area contributed by atoms with Crippen LogP contribution >= 0.6 is 0 Å². The fourth-order valence-electron chi connectivity index (χ4n) is 7.41. The van der Waals surface area contributed by atoms with Gasteiger partial charge in [-0.1, -0.05) is 90.9 Å². The van der Waals surface area contributed by atoms with Crippen molar-refractivity contribution in [3.8, 4) is 17.2 Å². The molecule has 298 valence electrons. The lowest BCUT2D eigenvalue weighted by Crippen LogP contribution is -2.62. The van der Waals surface area contributed by atoms with Crippen molar-refractivity contribution < 1.29 is 32.4 Å². The lowest BCUT2D eigenvalue weighted by Gasteiger charge is -2.50. The van der Waals surface area contributed by atoms with Gasteiger partial charge >= 0.3 is 6.09 Å². The molecule has 0 bridgehead atoms. The van der Waals surface area contributed by atoms with E-state index in [1.54, 1.807) is 18.5 Å². The van der Waals surface area contributed by atoms with Crippen LogP contribution in [0.5, 0.6) is 5.88 Å². The number of hydrogen-bond donors (Lipinski definition) is 1. The molecule has 1 N–H and O–H groups in total. The van der Waals surface area contributed by atoms with E-state index < -0.39 is 29.0 Å². The number of benzene rings is 1. The highest BCUT2D eigenvalue weighted by atomic mass is 28.4. The summed E-state index contributed by atoms with van der Waals surface area (Å²) in [4.78, 5) is 22.3. The van der Waals surface area contributed by atoms with E-state index in [0.717, 1.165) is 53.1 Å². The Labute approximate surface area is 329 Å². The van der Waals surface area contributed by atoms with Crippen molar-refractivity contribution in [2.75, 3.05) is 5.32 Å². The summed E-state index contributed by atoms with van der Waals surface area (Å²) < 4.78 is 38.7. The topological polar surface area (TPSA) is 127 Å². The normalized spacial score (nSPS) is 20.3. The van der Waals surface area contributed by atoms with Gasteiger partial charge in [0.05, 0.1) is 29.6 Å². The van der Waals surface area contributed by atoms with Gasteiger partial charge in [-0.15, -0.1) is 0 Å². The molecule has 0 spiro atoms. The number of nitrogens with one attached hydrogen (secondary N) is 1. The minimum absolute atomic E-state index is 0.224. The van der Waals surface area contributed by atoms with Crippen LogP contribution in [-0.2, 0) is 31.4 Å². The second-order valence-electron chi connectivity index (χ2n) is 14.5. The van der Waals surface area contributed by atoms with E-state index in [1.807, 2.05) is 54.6 Å². The first-order valence-corrected chi connectivity index (χ1v) is 25.2. The van der Waals surface area contributed by atoms with Gasteiger partial charge in [-0.3, -0.25) is 5.32 Å². The van der Waals surface area contributed by atoms with Gasteiger partial charge in [-0.25, -0.2) is 14.8 Å². The van der Waals surface area contributed by atoms with Crippen molar-refractivity contribution in [3.63, 3.8) is 0 Å². The Balaban J connectivity index is 1.27. The number of pyridine rings is 2. The molecule has 5 unspecified atom stereocenters. The van der Waals surface area contributed by atoms with E-state index in [2.05, 4.69) is 75.8 Å². The molecule has 1 aromatic carbocycles. The zero-order chi connectivity index (χ0) is 39.4. The summed E-state index contributed by atoms with van der Waals surface area (Å²) in [6.45, 7) is 18.0. The molecule has 55 heavy (non-hydrogen) atoms. The standard InChI is InChI=1S/C42H60N4O7Si2/c1-9-35-39(53-55(13-5,14-6)15-7)38(52-54(10-2,11-3)12-4)30(8)41(49-35)50-42(47)45-40-34(19-18-26-44-40)36-28-33(46-51-36)27-31-21-23-32(24-22-31)29-48-37-20-16-17-25-43-37/h16-26,28,30,35,38-39,41H,9-15,27,29H2,1-8H3,(H,44,45,47). The molecule has 5 rings (SSSR count). The molecule has 1 amide bonds. The SMILES string of the molecule is CCC1OC(OC(=O)Nc2ncccc2-c2cc(Cc3ccc(COc4ccccn4)cc3)no2)C(C)C(O[Si](CC)(CC)CC)C1O[Si](CC)(CC)CC. The largest absolute Gasteiger partial charge is 0.473 e. The number of carbonyl (C=O) groups excluding carboxylic acids is 1. The van der Waals surface area contributed by atoms with Gasteiger partial charge in [0.15, 0.2) is 22.4 Å². The van der Waals surface area contributed by atoms with Crippen LogP contribution in [0.4, 0.5) is 10.6 Å². The maximum Gasteiger partial charge on any atom is 0.415 e. The second-order valence-corrected chi connectivity index (χ2v) is 24.0. The van der Waals surface area contributed by atoms with Gasteiger partial charge in [0.1, 0.15) is 12.4 Å². The highest BCUT2D eigenvalue weighted by Gasteiger charge is 2.51. The van der Waals surface area contributed by atoms with Gasteiger partial charge in [0.2, 0.25) is 12.2 Å². The highest BCUT2D eigenvalue weighted by molar-refractivity contribution is 6.74. The quantitative estimate of drug-likeness (QED) is 0.0917.